The van der Waals surface area contributed by atoms with Gasteiger partial charge in [0.05, 0.1) is 32.0 Å². The lowest BCUT2D eigenvalue weighted by Crippen LogP contribution is -2.26. The van der Waals surface area contributed by atoms with Crippen molar-refractivity contribution in [2.45, 2.75) is 6.50 Å². The topological polar surface area (TPSA) is 47.1 Å². The van der Waals surface area contributed by atoms with Gasteiger partial charge in [0.1, 0.15) is 0 Å². The summed E-state index contributed by atoms with van der Waals surface area (Å²) < 4.78 is 17.9. The average molecular weight is 202 g/mol. The molecule has 0 amide bonds. The normalized spacial score (nSPS) is 18.9. The Morgan fingerprint density at radius 2 is 2.33 bits per heavy atom. The first-order valence-corrected chi connectivity index (χ1v) is 4.70. The summed E-state index contributed by atoms with van der Waals surface area (Å²) in [5.74, 6) is 0. The number of hydrogen-bond donors (Lipinski definition) is 1. The van der Waals surface area contributed by atoms with Gasteiger partial charge in [-0.1, -0.05) is 6.07 Å². The molecule has 15 heavy (non-hydrogen) atoms. The van der Waals surface area contributed by atoms with Crippen LogP contribution in [-0.4, -0.2) is 16.8 Å². The molecule has 2 heterocycles. The number of nitrogens with two attached hydrogens (primary N) is 1. The van der Waals surface area contributed by atoms with E-state index in [9.17, 15) is 0 Å². The quantitative estimate of drug-likeness (QED) is 0.657. The molecule has 2 N–H and O–H groups in total. The summed E-state index contributed by atoms with van der Waals surface area (Å²) in [5, 5.41) is 4.16. The molecule has 1 aromatic heterocycles. The van der Waals surface area contributed by atoms with E-state index in [1.165, 1.54) is 0 Å². The monoisotopic (exact) mass is 202 g/mol. The number of fused-ring (bicyclic) bond motifs is 3. The summed E-state index contributed by atoms with van der Waals surface area (Å²) in [6.45, 7) is -1.61. The van der Waals surface area contributed by atoms with Crippen LogP contribution in [0.2, 0.25) is 0 Å². The summed E-state index contributed by atoms with van der Waals surface area (Å²) >= 11 is 0. The molecule has 3 rings (SSSR count). The minimum atomic E-state index is -1.61. The summed E-state index contributed by atoms with van der Waals surface area (Å²) in [6.07, 6.45) is 1.60. The van der Waals surface area contributed by atoms with Crippen LogP contribution in [0.3, 0.4) is 0 Å². The lowest BCUT2D eigenvalue weighted by Gasteiger charge is -2.29. The van der Waals surface area contributed by atoms with Crippen molar-refractivity contribution in [1.82, 2.24) is 9.78 Å². The molecule has 4 heteroatoms. The van der Waals surface area contributed by atoms with Gasteiger partial charge in [-0.2, -0.15) is 5.10 Å². The Morgan fingerprint density at radius 3 is 3.20 bits per heavy atom. The highest BCUT2D eigenvalue weighted by Crippen LogP contribution is 2.34. The third kappa shape index (κ3) is 1.05. The molecule has 0 atom stereocenters. The van der Waals surface area contributed by atoms with Crippen LogP contribution < -0.4 is 10.6 Å². The van der Waals surface area contributed by atoms with E-state index in [1.54, 1.807) is 35.0 Å². The molecule has 0 saturated heterocycles. The van der Waals surface area contributed by atoms with Crippen LogP contribution in [0.5, 0.6) is 0 Å². The lowest BCUT2D eigenvalue weighted by atomic mass is 10.1. The summed E-state index contributed by atoms with van der Waals surface area (Å²) in [5.41, 5.74) is 8.48. The van der Waals surface area contributed by atoms with Crippen molar-refractivity contribution in [3.8, 4) is 5.69 Å². The molecule has 2 aromatic rings. The Morgan fingerprint density at radius 1 is 1.47 bits per heavy atom. The van der Waals surface area contributed by atoms with E-state index < -0.39 is 6.50 Å². The molecule has 0 unspecified atom stereocenters. The second-order valence-electron chi connectivity index (χ2n) is 3.51. The SMILES string of the molecule is [2H]C1([2H])c2ccnn2-c2cccc(N)c2N1C. The van der Waals surface area contributed by atoms with E-state index in [1.807, 2.05) is 12.1 Å². The maximum Gasteiger partial charge on any atom is 0.0904 e. The molecule has 0 saturated carbocycles. The van der Waals surface area contributed by atoms with Gasteiger partial charge in [0.2, 0.25) is 0 Å². The first kappa shape index (κ1) is 6.50. The third-order valence-corrected chi connectivity index (χ3v) is 2.53. The number of nitrogen functional groups attached to an aromatic ring is 1. The Hall–Kier alpha value is -1.97. The van der Waals surface area contributed by atoms with E-state index >= 15 is 0 Å². The van der Waals surface area contributed by atoms with Crippen LogP contribution in [0.25, 0.3) is 5.69 Å². The smallest absolute Gasteiger partial charge is 0.0904 e. The van der Waals surface area contributed by atoms with Gasteiger partial charge in [-0.05, 0) is 18.2 Å². The highest BCUT2D eigenvalue weighted by molar-refractivity contribution is 5.78. The predicted molar refractivity (Wildman–Crippen MR) is 60.1 cm³/mol. The molecule has 0 radical (unpaired) electrons. The fraction of sp³-hybridized carbons (Fsp3) is 0.182. The summed E-state index contributed by atoms with van der Waals surface area (Å²) in [6, 6.07) is 7.17. The van der Waals surface area contributed by atoms with Crippen molar-refractivity contribution in [1.29, 1.82) is 0 Å². The number of hydrogen-bond acceptors (Lipinski definition) is 3. The number of rotatable bonds is 0. The average Bonchev–Trinajstić information content (AvgIpc) is 2.76. The number of benzene rings is 1. The van der Waals surface area contributed by atoms with Crippen molar-refractivity contribution in [3.63, 3.8) is 0 Å². The zero-order chi connectivity index (χ0) is 12.2. The molecule has 0 bridgehead atoms. The number of para-hydroxylation sites is 1. The second kappa shape index (κ2) is 2.76. The fourth-order valence-corrected chi connectivity index (χ4v) is 1.89. The van der Waals surface area contributed by atoms with E-state index in [-0.39, 0.29) is 0 Å². The minimum Gasteiger partial charge on any atom is -0.397 e. The molecule has 1 aliphatic rings. The van der Waals surface area contributed by atoms with Crippen LogP contribution in [0.4, 0.5) is 11.4 Å². The Kier molecular flexibility index (Phi) is 1.20. The van der Waals surface area contributed by atoms with Crippen molar-refractivity contribution in [2.24, 2.45) is 0 Å². The Bertz CT molecular complexity index is 591. The highest BCUT2D eigenvalue weighted by Gasteiger charge is 2.21. The largest absolute Gasteiger partial charge is 0.397 e. The van der Waals surface area contributed by atoms with Gasteiger partial charge in [0, 0.05) is 13.2 Å². The zero-order valence-electron chi connectivity index (χ0n) is 10.3. The summed E-state index contributed by atoms with van der Waals surface area (Å²) in [4.78, 5) is 1.55. The second-order valence-corrected chi connectivity index (χ2v) is 3.51. The van der Waals surface area contributed by atoms with Crippen LogP contribution in [-0.2, 0) is 6.50 Å². The molecular weight excluding hydrogens is 188 g/mol. The maximum absolute atomic E-state index is 8.13. The Labute approximate surface area is 90.7 Å². The van der Waals surface area contributed by atoms with E-state index in [4.69, 9.17) is 8.48 Å². The van der Waals surface area contributed by atoms with Gasteiger partial charge >= 0.3 is 0 Å². The van der Waals surface area contributed by atoms with Gasteiger partial charge in [-0.25, -0.2) is 4.68 Å². The van der Waals surface area contributed by atoms with Gasteiger partial charge in [0.25, 0.3) is 0 Å². The van der Waals surface area contributed by atoms with Crippen LogP contribution >= 0.6 is 0 Å². The third-order valence-electron chi connectivity index (χ3n) is 2.53. The summed E-state index contributed by atoms with van der Waals surface area (Å²) in [7, 11) is 1.70. The van der Waals surface area contributed by atoms with Gasteiger partial charge in [-0.15, -0.1) is 0 Å². The van der Waals surface area contributed by atoms with Crippen molar-refractivity contribution in [2.75, 3.05) is 17.7 Å². The first-order valence-electron chi connectivity index (χ1n) is 5.70. The van der Waals surface area contributed by atoms with Crippen molar-refractivity contribution >= 4 is 11.4 Å². The van der Waals surface area contributed by atoms with Gasteiger partial charge in [0.15, 0.2) is 0 Å². The van der Waals surface area contributed by atoms with Crippen molar-refractivity contribution < 1.29 is 2.74 Å². The zero-order valence-corrected chi connectivity index (χ0v) is 8.31. The van der Waals surface area contributed by atoms with Crippen LogP contribution in [0.15, 0.2) is 30.5 Å². The number of nitrogens with zero attached hydrogens (tertiary/aromatic N) is 3. The predicted octanol–water partition coefficient (Wildman–Crippen LogP) is 1.40. The molecule has 0 fully saturated rings. The first-order chi connectivity index (χ1) is 8.03. The molecule has 1 aromatic carbocycles. The lowest BCUT2D eigenvalue weighted by molar-refractivity contribution is 0.741. The molecule has 0 spiro atoms. The molecule has 76 valence electrons. The minimum absolute atomic E-state index is 0.512. The van der Waals surface area contributed by atoms with Gasteiger partial charge in [-0.3, -0.25) is 0 Å². The van der Waals surface area contributed by atoms with E-state index in [0.29, 0.717) is 17.1 Å². The van der Waals surface area contributed by atoms with E-state index in [0.717, 1.165) is 5.69 Å². The van der Waals surface area contributed by atoms with Crippen LogP contribution in [0.1, 0.15) is 8.44 Å². The molecular formula is C11H12N4. The number of aromatic nitrogens is 2. The van der Waals surface area contributed by atoms with Gasteiger partial charge < -0.3 is 10.6 Å². The highest BCUT2D eigenvalue weighted by atomic mass is 15.3. The standard InChI is InChI=1S/C11H12N4/c1-14-7-8-5-6-13-15(8)10-4-2-3-9(12)11(10)14/h2-6H,7,12H2,1H3/i7D2. The number of anilines is 2. The maximum atomic E-state index is 8.13. The van der Waals surface area contributed by atoms with Crippen molar-refractivity contribution in [3.05, 3.63) is 36.2 Å². The Balaban J connectivity index is 2.39. The molecule has 1 aliphatic heterocycles. The fourth-order valence-electron chi connectivity index (χ4n) is 1.89. The van der Waals surface area contributed by atoms with Crippen LogP contribution in [0, 0.1) is 0 Å². The molecule has 0 aliphatic carbocycles. The molecule has 4 nitrogen and oxygen atoms in total. The van der Waals surface area contributed by atoms with E-state index in [2.05, 4.69) is 5.10 Å².